The molecule has 0 amide bonds. The van der Waals surface area contributed by atoms with Gasteiger partial charge in [-0.2, -0.15) is 0 Å². The zero-order valence-electron chi connectivity index (χ0n) is 27.5. The maximum Gasteiger partial charge on any atom is 0.261 e. The molecule has 49 heavy (non-hydrogen) atoms. The molecule has 1 aliphatic rings. The molecule has 0 saturated heterocycles. The van der Waals surface area contributed by atoms with Gasteiger partial charge in [0, 0.05) is 16.5 Å². The Morgan fingerprint density at radius 1 is 0.531 bits per heavy atom. The highest BCUT2D eigenvalue weighted by atomic mass is 31.2. The minimum absolute atomic E-state index is 0.00998. The summed E-state index contributed by atoms with van der Waals surface area (Å²) in [5.41, 5.74) is 3.39. The lowest BCUT2D eigenvalue weighted by Crippen LogP contribution is -2.38. The molecule has 1 aliphatic carbocycles. The molecule has 4 nitrogen and oxygen atoms in total. The van der Waals surface area contributed by atoms with Gasteiger partial charge in [-0.15, -0.1) is 0 Å². The molecule has 0 bridgehead atoms. The van der Waals surface area contributed by atoms with Crippen LogP contribution in [0.3, 0.4) is 0 Å². The Bertz CT molecular complexity index is 1780. The van der Waals surface area contributed by atoms with Gasteiger partial charge in [0.15, 0.2) is 0 Å². The van der Waals surface area contributed by atoms with Gasteiger partial charge in [-0.25, -0.2) is 0 Å². The zero-order valence-corrected chi connectivity index (χ0v) is 28.4. The molecule has 0 aromatic heterocycles. The number of hydrogen-bond acceptors (Lipinski definition) is 4. The summed E-state index contributed by atoms with van der Waals surface area (Å²) >= 11 is 0. The molecule has 5 heteroatoms. The van der Waals surface area contributed by atoms with Gasteiger partial charge in [-0.05, 0) is 59.4 Å². The largest absolute Gasteiger partial charge is 0.370 e. The Balaban J connectivity index is 1.25. The zero-order chi connectivity index (χ0) is 33.4. The van der Waals surface area contributed by atoms with E-state index in [9.17, 15) is 0 Å². The van der Waals surface area contributed by atoms with E-state index in [2.05, 4.69) is 84.9 Å². The molecule has 246 valence electrons. The van der Waals surface area contributed by atoms with Crippen LogP contribution in [0.2, 0.25) is 0 Å². The fraction of sp³-hybridized carbons (Fsp3) is 0.182. The summed E-state index contributed by atoms with van der Waals surface area (Å²) in [5.74, 6) is -0.00998. The van der Waals surface area contributed by atoms with Gasteiger partial charge in [0.2, 0.25) is 0 Å². The van der Waals surface area contributed by atoms with Crippen molar-refractivity contribution in [3.05, 3.63) is 204 Å². The van der Waals surface area contributed by atoms with Crippen LogP contribution < -0.4 is 10.6 Å². The average Bonchev–Trinajstić information content (AvgIpc) is 3.57. The minimum Gasteiger partial charge on any atom is -0.370 e. The fourth-order valence-electron chi connectivity index (χ4n) is 7.02. The number of hydrogen-bond donors (Lipinski definition) is 0. The minimum atomic E-state index is -3.45. The Morgan fingerprint density at radius 2 is 0.939 bits per heavy atom. The molecule has 6 aromatic rings. The Kier molecular flexibility index (Phi) is 10.3. The predicted octanol–water partition coefficient (Wildman–Crippen LogP) is 9.30. The summed E-state index contributed by atoms with van der Waals surface area (Å²) in [6.45, 7) is 0.836. The van der Waals surface area contributed by atoms with Gasteiger partial charge in [0.05, 0.1) is 25.4 Å². The molecule has 6 aromatic carbocycles. The quantitative estimate of drug-likeness (QED) is 0.0912. The third kappa shape index (κ3) is 7.11. The molecule has 0 radical (unpaired) electrons. The number of rotatable bonds is 13. The van der Waals surface area contributed by atoms with Crippen molar-refractivity contribution in [2.75, 3.05) is 6.61 Å². The monoisotopic (exact) mass is 664 g/mol. The van der Waals surface area contributed by atoms with Crippen molar-refractivity contribution < 1.29 is 18.6 Å². The molecule has 1 fully saturated rings. The summed E-state index contributed by atoms with van der Waals surface area (Å²) in [5, 5.41) is 1.36. The molecular formula is C44H41O4P. The van der Waals surface area contributed by atoms with Crippen molar-refractivity contribution in [1.82, 2.24) is 0 Å². The predicted molar refractivity (Wildman–Crippen MR) is 198 cm³/mol. The van der Waals surface area contributed by atoms with Crippen molar-refractivity contribution in [2.45, 2.75) is 37.3 Å². The van der Waals surface area contributed by atoms with E-state index >= 15 is 4.57 Å². The Hall–Kier alpha value is -4.57. The van der Waals surface area contributed by atoms with Crippen molar-refractivity contribution in [3.8, 4) is 0 Å². The normalized spacial score (nSPS) is 17.9. The highest BCUT2D eigenvalue weighted by Gasteiger charge is 2.45. The van der Waals surface area contributed by atoms with Crippen LogP contribution in [0.1, 0.15) is 35.1 Å². The third-order valence-electron chi connectivity index (χ3n) is 9.47. The SMILES string of the molecule is O=P(O[C@H]1CC[C@H](COC(c2ccccc2)(c2ccccc2)c2ccccc2)[C@H]1OCc1ccccc1)(c1ccccc1)c1ccccc1. The van der Waals surface area contributed by atoms with Crippen molar-refractivity contribution >= 4 is 18.0 Å². The standard InChI is InChI=1S/C44H41O4P/c45-49(40-27-15-5-16-28-40,41-29-17-6-18-30-41)48-42-32-31-36(43(42)46-33-35-19-7-1-8-20-35)34-47-44(37-21-9-2-10-22-37,38-23-11-3-12-24-38)39-25-13-4-14-26-39/h1-30,36,42-43H,31-34H2/t36-,42+,43-/m1/s1. The van der Waals surface area contributed by atoms with Gasteiger partial charge in [0.1, 0.15) is 5.60 Å². The highest BCUT2D eigenvalue weighted by Crippen LogP contribution is 2.50. The number of benzene rings is 6. The molecule has 0 unspecified atom stereocenters. The van der Waals surface area contributed by atoms with Crippen LogP contribution in [-0.2, 0) is 30.8 Å². The fourth-order valence-corrected chi connectivity index (χ4v) is 9.30. The summed E-state index contributed by atoms with van der Waals surface area (Å²) < 4.78 is 36.0. The first-order chi connectivity index (χ1) is 24.2. The number of ether oxygens (including phenoxy) is 2. The lowest BCUT2D eigenvalue weighted by molar-refractivity contribution is -0.0768. The molecule has 0 heterocycles. The Morgan fingerprint density at radius 3 is 1.39 bits per heavy atom. The van der Waals surface area contributed by atoms with E-state index in [1.54, 1.807) is 0 Å². The van der Waals surface area contributed by atoms with E-state index in [1.807, 2.05) is 97.1 Å². The van der Waals surface area contributed by atoms with Gasteiger partial charge in [0.25, 0.3) is 7.37 Å². The second-order valence-corrected chi connectivity index (χ2v) is 14.9. The van der Waals surface area contributed by atoms with Crippen LogP contribution in [0, 0.1) is 5.92 Å². The maximum absolute atomic E-state index is 15.1. The summed E-state index contributed by atoms with van der Waals surface area (Å²) in [7, 11) is -3.45. The van der Waals surface area contributed by atoms with Crippen molar-refractivity contribution in [1.29, 1.82) is 0 Å². The van der Waals surface area contributed by atoms with Crippen LogP contribution in [0.25, 0.3) is 0 Å². The van der Waals surface area contributed by atoms with Crippen molar-refractivity contribution in [3.63, 3.8) is 0 Å². The van der Waals surface area contributed by atoms with E-state index in [-0.39, 0.29) is 12.0 Å². The molecular weight excluding hydrogens is 623 g/mol. The first kappa shape index (κ1) is 33.0. The van der Waals surface area contributed by atoms with Crippen LogP contribution in [0.5, 0.6) is 0 Å². The van der Waals surface area contributed by atoms with Gasteiger partial charge >= 0.3 is 0 Å². The first-order valence-electron chi connectivity index (χ1n) is 17.0. The van der Waals surface area contributed by atoms with E-state index in [4.69, 9.17) is 14.0 Å². The van der Waals surface area contributed by atoms with Gasteiger partial charge < -0.3 is 14.0 Å². The van der Waals surface area contributed by atoms with E-state index in [0.717, 1.165) is 28.7 Å². The van der Waals surface area contributed by atoms with Crippen LogP contribution >= 0.6 is 7.37 Å². The third-order valence-corrected chi connectivity index (χ3v) is 12.0. The summed E-state index contributed by atoms with van der Waals surface area (Å²) in [4.78, 5) is 0. The van der Waals surface area contributed by atoms with Crippen LogP contribution in [-0.4, -0.2) is 18.8 Å². The topological polar surface area (TPSA) is 44.8 Å². The lowest BCUT2D eigenvalue weighted by atomic mass is 9.80. The van der Waals surface area contributed by atoms with E-state index in [0.29, 0.717) is 30.2 Å². The molecule has 7 rings (SSSR count). The molecule has 0 aliphatic heterocycles. The van der Waals surface area contributed by atoms with Crippen LogP contribution in [0.15, 0.2) is 182 Å². The highest BCUT2D eigenvalue weighted by molar-refractivity contribution is 7.74. The smallest absolute Gasteiger partial charge is 0.261 e. The van der Waals surface area contributed by atoms with Gasteiger partial charge in [-0.3, -0.25) is 4.57 Å². The average molecular weight is 665 g/mol. The Labute approximate surface area is 289 Å². The molecule has 0 spiro atoms. The van der Waals surface area contributed by atoms with Crippen molar-refractivity contribution in [2.24, 2.45) is 5.92 Å². The molecule has 3 atom stereocenters. The maximum atomic E-state index is 15.1. The summed E-state index contributed by atoms with van der Waals surface area (Å²) in [6.07, 6.45) is 0.762. The molecule has 1 saturated carbocycles. The van der Waals surface area contributed by atoms with E-state index in [1.165, 1.54) is 0 Å². The van der Waals surface area contributed by atoms with Gasteiger partial charge in [-0.1, -0.05) is 158 Å². The summed E-state index contributed by atoms with van der Waals surface area (Å²) in [6, 6.07) is 60.7. The first-order valence-corrected chi connectivity index (χ1v) is 18.6. The molecule has 0 N–H and O–H groups in total. The second kappa shape index (κ2) is 15.3. The van der Waals surface area contributed by atoms with E-state index < -0.39 is 19.1 Å². The lowest BCUT2D eigenvalue weighted by Gasteiger charge is -2.37. The van der Waals surface area contributed by atoms with Crippen LogP contribution in [0.4, 0.5) is 0 Å². The second-order valence-electron chi connectivity index (χ2n) is 12.6.